The second-order valence-electron chi connectivity index (χ2n) is 7.31. The number of carbonyl (C=O) groups excluding carboxylic acids is 2. The average molecular weight is 463 g/mol. The smallest absolute Gasteiger partial charge is 0.324 e. The summed E-state index contributed by atoms with van der Waals surface area (Å²) in [6, 6.07) is 10.3. The van der Waals surface area contributed by atoms with Crippen molar-refractivity contribution < 1.29 is 32.2 Å². The normalized spacial score (nSPS) is 16.4. The molecule has 1 saturated heterocycles. The van der Waals surface area contributed by atoms with Gasteiger partial charge in [0, 0.05) is 12.6 Å². The first-order chi connectivity index (χ1) is 15.3. The number of nitrogens with one attached hydrogen (secondary N) is 1. The Balaban J connectivity index is 1.64. The molecule has 0 spiro atoms. The number of rotatable bonds is 8. The van der Waals surface area contributed by atoms with Crippen molar-refractivity contribution in [1.82, 2.24) is 4.31 Å². The van der Waals surface area contributed by atoms with Gasteiger partial charge in [-0.3, -0.25) is 9.59 Å². The van der Waals surface area contributed by atoms with Crippen molar-refractivity contribution in [2.75, 3.05) is 32.7 Å². The fourth-order valence-electron chi connectivity index (χ4n) is 3.44. The number of hydrogen-bond acceptors (Lipinski definition) is 7. The molecule has 1 unspecified atom stereocenters. The highest BCUT2D eigenvalue weighted by Crippen LogP contribution is 2.29. The van der Waals surface area contributed by atoms with Gasteiger partial charge in [-0.2, -0.15) is 4.31 Å². The summed E-state index contributed by atoms with van der Waals surface area (Å²) in [6.07, 6.45) is 0.854. The molecule has 1 amide bonds. The highest BCUT2D eigenvalue weighted by molar-refractivity contribution is 7.89. The van der Waals surface area contributed by atoms with Crippen LogP contribution in [0, 0.1) is 6.92 Å². The Morgan fingerprint density at radius 1 is 1.09 bits per heavy atom. The standard InChI is InChI=1S/C22H26N2O7S/c1-15-6-9-17(10-7-15)32(27,28)24-12-4-5-19(24)22(26)31-14-21(25)23-18-13-16(29-2)8-11-20(18)30-3/h6-11,13,19H,4-5,12,14H2,1-3H3,(H,23,25). The zero-order valence-electron chi connectivity index (χ0n) is 18.2. The van der Waals surface area contributed by atoms with Crippen LogP contribution < -0.4 is 14.8 Å². The van der Waals surface area contributed by atoms with Crippen LogP contribution in [0.5, 0.6) is 11.5 Å². The number of esters is 1. The van der Waals surface area contributed by atoms with E-state index in [9.17, 15) is 18.0 Å². The maximum atomic E-state index is 13.0. The Morgan fingerprint density at radius 3 is 2.47 bits per heavy atom. The van der Waals surface area contributed by atoms with Crippen LogP contribution >= 0.6 is 0 Å². The van der Waals surface area contributed by atoms with E-state index in [1.165, 1.54) is 26.4 Å². The van der Waals surface area contributed by atoms with E-state index >= 15 is 0 Å². The topological polar surface area (TPSA) is 111 Å². The first-order valence-corrected chi connectivity index (χ1v) is 11.5. The molecule has 1 N–H and O–H groups in total. The molecule has 0 radical (unpaired) electrons. The molecule has 1 heterocycles. The summed E-state index contributed by atoms with van der Waals surface area (Å²) < 4.78 is 42.6. The summed E-state index contributed by atoms with van der Waals surface area (Å²) in [6.45, 7) is 1.51. The molecule has 172 valence electrons. The van der Waals surface area contributed by atoms with E-state index < -0.39 is 34.5 Å². The molecule has 10 heteroatoms. The minimum Gasteiger partial charge on any atom is -0.497 e. The largest absolute Gasteiger partial charge is 0.497 e. The lowest BCUT2D eigenvalue weighted by molar-refractivity contribution is -0.150. The maximum absolute atomic E-state index is 13.0. The van der Waals surface area contributed by atoms with Crippen LogP contribution in [-0.2, 0) is 24.3 Å². The van der Waals surface area contributed by atoms with E-state index in [2.05, 4.69) is 5.32 Å². The van der Waals surface area contributed by atoms with Crippen molar-refractivity contribution in [3.63, 3.8) is 0 Å². The van der Waals surface area contributed by atoms with Crippen molar-refractivity contribution in [3.05, 3.63) is 48.0 Å². The number of anilines is 1. The van der Waals surface area contributed by atoms with Gasteiger partial charge in [-0.1, -0.05) is 17.7 Å². The lowest BCUT2D eigenvalue weighted by Crippen LogP contribution is -2.42. The summed E-state index contributed by atoms with van der Waals surface area (Å²) in [7, 11) is -0.900. The number of amides is 1. The van der Waals surface area contributed by atoms with E-state index in [0.717, 1.165) is 9.87 Å². The Bertz CT molecular complexity index is 1080. The molecule has 1 atom stereocenters. The van der Waals surface area contributed by atoms with Gasteiger partial charge < -0.3 is 19.5 Å². The Hall–Kier alpha value is -3.11. The van der Waals surface area contributed by atoms with Gasteiger partial charge >= 0.3 is 5.97 Å². The Morgan fingerprint density at radius 2 is 1.81 bits per heavy atom. The molecule has 1 fully saturated rings. The number of ether oxygens (including phenoxy) is 3. The molecule has 1 aliphatic heterocycles. The predicted octanol–water partition coefficient (Wildman–Crippen LogP) is 2.35. The SMILES string of the molecule is COc1ccc(OC)c(NC(=O)COC(=O)C2CCCN2S(=O)(=O)c2ccc(C)cc2)c1. The van der Waals surface area contributed by atoms with Gasteiger partial charge in [-0.15, -0.1) is 0 Å². The fourth-order valence-corrected chi connectivity index (χ4v) is 5.09. The van der Waals surface area contributed by atoms with Crippen LogP contribution in [0.4, 0.5) is 5.69 Å². The van der Waals surface area contributed by atoms with Gasteiger partial charge in [-0.25, -0.2) is 8.42 Å². The average Bonchev–Trinajstić information content (AvgIpc) is 3.29. The van der Waals surface area contributed by atoms with E-state index in [0.29, 0.717) is 30.0 Å². The molecule has 3 rings (SSSR count). The number of sulfonamides is 1. The van der Waals surface area contributed by atoms with Crippen molar-refractivity contribution in [2.24, 2.45) is 0 Å². The van der Waals surface area contributed by atoms with E-state index in [1.807, 2.05) is 6.92 Å². The van der Waals surface area contributed by atoms with Gasteiger partial charge in [-0.05, 0) is 44.0 Å². The number of carbonyl (C=O) groups is 2. The molecule has 0 saturated carbocycles. The quantitative estimate of drug-likeness (QED) is 0.600. The molecular formula is C22H26N2O7S. The highest BCUT2D eigenvalue weighted by Gasteiger charge is 2.40. The molecular weight excluding hydrogens is 436 g/mol. The lowest BCUT2D eigenvalue weighted by atomic mass is 10.2. The van der Waals surface area contributed by atoms with Gasteiger partial charge in [0.1, 0.15) is 17.5 Å². The lowest BCUT2D eigenvalue weighted by Gasteiger charge is -2.22. The third-order valence-electron chi connectivity index (χ3n) is 5.13. The number of nitrogens with zero attached hydrogens (tertiary/aromatic N) is 1. The maximum Gasteiger partial charge on any atom is 0.324 e. The summed E-state index contributed by atoms with van der Waals surface area (Å²) in [5.41, 5.74) is 1.29. The minimum absolute atomic E-state index is 0.116. The van der Waals surface area contributed by atoms with Gasteiger partial charge in [0.05, 0.1) is 24.8 Å². The number of hydrogen-bond donors (Lipinski definition) is 1. The second kappa shape index (κ2) is 10.0. The van der Waals surface area contributed by atoms with Crippen molar-refractivity contribution in [2.45, 2.75) is 30.7 Å². The number of methoxy groups -OCH3 is 2. The molecule has 0 aliphatic carbocycles. The monoisotopic (exact) mass is 462 g/mol. The van der Waals surface area contributed by atoms with Crippen LogP contribution in [0.25, 0.3) is 0 Å². The summed E-state index contributed by atoms with van der Waals surface area (Å²) >= 11 is 0. The van der Waals surface area contributed by atoms with E-state index in [-0.39, 0.29) is 11.4 Å². The Labute approximate surface area is 187 Å². The van der Waals surface area contributed by atoms with Crippen molar-refractivity contribution in [1.29, 1.82) is 0 Å². The fraction of sp³-hybridized carbons (Fsp3) is 0.364. The zero-order chi connectivity index (χ0) is 23.3. The number of benzene rings is 2. The first-order valence-electron chi connectivity index (χ1n) is 10.0. The second-order valence-corrected chi connectivity index (χ2v) is 9.20. The van der Waals surface area contributed by atoms with Crippen LogP contribution in [0.3, 0.4) is 0 Å². The molecule has 2 aromatic rings. The van der Waals surface area contributed by atoms with Crippen molar-refractivity contribution in [3.8, 4) is 11.5 Å². The zero-order valence-corrected chi connectivity index (χ0v) is 19.0. The summed E-state index contributed by atoms with van der Waals surface area (Å²) in [5, 5.41) is 2.60. The van der Waals surface area contributed by atoms with Crippen LogP contribution in [0.1, 0.15) is 18.4 Å². The molecule has 1 aliphatic rings. The molecule has 32 heavy (non-hydrogen) atoms. The first kappa shape index (κ1) is 23.6. The highest BCUT2D eigenvalue weighted by atomic mass is 32.2. The molecule has 2 aromatic carbocycles. The van der Waals surface area contributed by atoms with Crippen molar-refractivity contribution >= 4 is 27.6 Å². The van der Waals surface area contributed by atoms with Crippen LogP contribution in [0.15, 0.2) is 47.4 Å². The summed E-state index contributed by atoms with van der Waals surface area (Å²) in [4.78, 5) is 25.0. The van der Waals surface area contributed by atoms with Gasteiger partial charge in [0.15, 0.2) is 6.61 Å². The Kier molecular flexibility index (Phi) is 7.37. The van der Waals surface area contributed by atoms with E-state index in [4.69, 9.17) is 14.2 Å². The predicted molar refractivity (Wildman–Crippen MR) is 117 cm³/mol. The summed E-state index contributed by atoms with van der Waals surface area (Å²) in [5.74, 6) is -0.417. The minimum atomic E-state index is -3.85. The molecule has 9 nitrogen and oxygen atoms in total. The van der Waals surface area contributed by atoms with E-state index in [1.54, 1.807) is 30.3 Å². The molecule has 0 bridgehead atoms. The van der Waals surface area contributed by atoms with Gasteiger partial charge in [0.25, 0.3) is 5.91 Å². The van der Waals surface area contributed by atoms with Crippen LogP contribution in [-0.4, -0.2) is 58.0 Å². The van der Waals surface area contributed by atoms with Gasteiger partial charge in [0.2, 0.25) is 10.0 Å². The number of aryl methyl sites for hydroxylation is 1. The van der Waals surface area contributed by atoms with Crippen LogP contribution in [0.2, 0.25) is 0 Å². The third kappa shape index (κ3) is 5.20. The third-order valence-corrected chi connectivity index (χ3v) is 7.05. The molecule has 0 aromatic heterocycles.